The molecule has 4 rings (SSSR count). The zero-order valence-corrected chi connectivity index (χ0v) is 21.2. The SMILES string of the molecule is Cc1ccc(-c2nn(CC(=O)CC(C)(C)c3cccc(C(F)(F)F)c3)c(=O)n2Cc2ccccc2F)cc1. The van der Waals surface area contributed by atoms with Crippen molar-refractivity contribution in [3.05, 3.63) is 111 Å². The molecule has 0 spiro atoms. The Morgan fingerprint density at radius 1 is 0.921 bits per heavy atom. The first-order valence-electron chi connectivity index (χ1n) is 12.0. The second-order valence-electron chi connectivity index (χ2n) is 9.99. The van der Waals surface area contributed by atoms with Gasteiger partial charge in [-0.05, 0) is 30.0 Å². The van der Waals surface area contributed by atoms with Crippen molar-refractivity contribution in [2.45, 2.75) is 51.9 Å². The lowest BCUT2D eigenvalue weighted by Gasteiger charge is -2.25. The van der Waals surface area contributed by atoms with Gasteiger partial charge >= 0.3 is 11.9 Å². The molecule has 38 heavy (non-hydrogen) atoms. The van der Waals surface area contributed by atoms with Gasteiger partial charge in [-0.2, -0.15) is 13.2 Å². The summed E-state index contributed by atoms with van der Waals surface area (Å²) in [6.07, 6.45) is -4.61. The number of carbonyl (C=O) groups is 1. The van der Waals surface area contributed by atoms with Crippen LogP contribution in [0.4, 0.5) is 17.6 Å². The summed E-state index contributed by atoms with van der Waals surface area (Å²) in [6.45, 7) is 4.82. The first-order valence-corrected chi connectivity index (χ1v) is 12.0. The molecule has 198 valence electrons. The van der Waals surface area contributed by atoms with Crippen LogP contribution in [-0.4, -0.2) is 20.1 Å². The fourth-order valence-corrected chi connectivity index (χ4v) is 4.33. The lowest BCUT2D eigenvalue weighted by molar-refractivity contribution is -0.137. The van der Waals surface area contributed by atoms with Crippen molar-refractivity contribution in [1.82, 2.24) is 14.3 Å². The summed E-state index contributed by atoms with van der Waals surface area (Å²) in [6, 6.07) is 18.3. The molecule has 0 radical (unpaired) electrons. The monoisotopic (exact) mass is 525 g/mol. The average Bonchev–Trinajstić information content (AvgIpc) is 3.15. The molecule has 3 aromatic carbocycles. The van der Waals surface area contributed by atoms with Crippen LogP contribution in [0.3, 0.4) is 0 Å². The van der Waals surface area contributed by atoms with Crippen LogP contribution in [0.2, 0.25) is 0 Å². The predicted molar refractivity (Wildman–Crippen MR) is 136 cm³/mol. The van der Waals surface area contributed by atoms with E-state index in [1.165, 1.54) is 16.7 Å². The topological polar surface area (TPSA) is 56.9 Å². The summed E-state index contributed by atoms with van der Waals surface area (Å²) < 4.78 is 56.3. The van der Waals surface area contributed by atoms with Gasteiger partial charge < -0.3 is 0 Å². The number of carbonyl (C=O) groups excluding carboxylic acids is 1. The number of halogens is 4. The van der Waals surface area contributed by atoms with Crippen molar-refractivity contribution >= 4 is 5.78 Å². The van der Waals surface area contributed by atoms with Gasteiger partial charge in [-0.3, -0.25) is 9.36 Å². The third-order valence-corrected chi connectivity index (χ3v) is 6.46. The molecular weight excluding hydrogens is 498 g/mol. The molecule has 0 bridgehead atoms. The summed E-state index contributed by atoms with van der Waals surface area (Å²) >= 11 is 0. The zero-order chi connectivity index (χ0) is 27.7. The first-order chi connectivity index (χ1) is 17.8. The average molecular weight is 526 g/mol. The molecule has 0 N–H and O–H groups in total. The maximum absolute atomic E-state index is 14.4. The fraction of sp³-hybridized carbons (Fsp3) is 0.276. The molecule has 4 aromatic rings. The number of benzene rings is 3. The summed E-state index contributed by atoms with van der Waals surface area (Å²) in [5.41, 5.74) is -0.0200. The van der Waals surface area contributed by atoms with Crippen molar-refractivity contribution < 1.29 is 22.4 Å². The van der Waals surface area contributed by atoms with E-state index in [0.717, 1.165) is 22.4 Å². The molecule has 0 fully saturated rings. The van der Waals surface area contributed by atoms with Crippen LogP contribution < -0.4 is 5.69 Å². The molecule has 9 heteroatoms. The molecule has 1 heterocycles. The Bertz CT molecular complexity index is 1520. The van der Waals surface area contributed by atoms with E-state index in [1.807, 2.05) is 19.1 Å². The lowest BCUT2D eigenvalue weighted by atomic mass is 9.79. The summed E-state index contributed by atoms with van der Waals surface area (Å²) in [5, 5.41) is 4.40. The van der Waals surface area contributed by atoms with E-state index in [9.17, 15) is 27.2 Å². The Morgan fingerprint density at radius 3 is 2.24 bits per heavy atom. The quantitative estimate of drug-likeness (QED) is 0.259. The highest BCUT2D eigenvalue weighted by Crippen LogP contribution is 2.34. The molecule has 0 atom stereocenters. The van der Waals surface area contributed by atoms with Gasteiger partial charge in [0.2, 0.25) is 0 Å². The van der Waals surface area contributed by atoms with Gasteiger partial charge in [0.15, 0.2) is 11.6 Å². The minimum Gasteiger partial charge on any atom is -0.298 e. The Hall–Kier alpha value is -4.01. The Balaban J connectivity index is 1.64. The highest BCUT2D eigenvalue weighted by atomic mass is 19.4. The van der Waals surface area contributed by atoms with Crippen LogP contribution in [0.1, 0.15) is 42.5 Å². The molecular formula is C29H27F4N3O2. The number of nitrogens with zero attached hydrogens (tertiary/aromatic N) is 3. The minimum absolute atomic E-state index is 0.0847. The summed E-state index contributed by atoms with van der Waals surface area (Å²) in [7, 11) is 0. The molecule has 0 aliphatic heterocycles. The first kappa shape index (κ1) is 27.0. The van der Waals surface area contributed by atoms with Crippen LogP contribution >= 0.6 is 0 Å². The van der Waals surface area contributed by atoms with Crippen LogP contribution in [-0.2, 0) is 29.5 Å². The molecule has 0 saturated carbocycles. The van der Waals surface area contributed by atoms with Crippen molar-refractivity contribution in [3.8, 4) is 11.4 Å². The number of rotatable bonds is 8. The standard InChI is InChI=1S/C29H27F4N3O2/c1-19-11-13-20(14-12-19)26-34-36(27(38)35(26)17-21-7-4-5-10-25(21)30)18-24(37)16-28(2,3)22-8-6-9-23(15-22)29(31,32)33/h4-15H,16-18H2,1-3H3. The van der Waals surface area contributed by atoms with Gasteiger partial charge in [0, 0.05) is 17.5 Å². The second kappa shape index (κ2) is 10.4. The molecule has 0 saturated heterocycles. The smallest absolute Gasteiger partial charge is 0.298 e. The zero-order valence-electron chi connectivity index (χ0n) is 21.2. The normalized spacial score (nSPS) is 12.1. The fourth-order valence-electron chi connectivity index (χ4n) is 4.33. The van der Waals surface area contributed by atoms with Gasteiger partial charge in [0.25, 0.3) is 0 Å². The van der Waals surface area contributed by atoms with E-state index in [2.05, 4.69) is 5.10 Å². The maximum atomic E-state index is 14.4. The molecule has 0 aliphatic carbocycles. The Labute approximate surface area is 217 Å². The minimum atomic E-state index is -4.50. The van der Waals surface area contributed by atoms with E-state index in [-0.39, 0.29) is 31.1 Å². The van der Waals surface area contributed by atoms with Gasteiger partial charge in [0.1, 0.15) is 12.4 Å². The molecule has 0 unspecified atom stereocenters. The van der Waals surface area contributed by atoms with Crippen LogP contribution in [0.15, 0.2) is 77.6 Å². The number of hydrogen-bond donors (Lipinski definition) is 0. The number of ketones is 1. The van der Waals surface area contributed by atoms with Gasteiger partial charge in [0.05, 0.1) is 12.1 Å². The third kappa shape index (κ3) is 5.93. The summed E-state index contributed by atoms with van der Waals surface area (Å²) in [4.78, 5) is 26.4. The van der Waals surface area contributed by atoms with E-state index in [4.69, 9.17) is 0 Å². The molecule has 1 aromatic heterocycles. The van der Waals surface area contributed by atoms with Crippen molar-refractivity contribution in [3.63, 3.8) is 0 Å². The van der Waals surface area contributed by atoms with Gasteiger partial charge in [-0.15, -0.1) is 5.10 Å². The number of hydrogen-bond acceptors (Lipinski definition) is 3. The number of aromatic nitrogens is 3. The number of aryl methyl sites for hydroxylation is 1. The largest absolute Gasteiger partial charge is 0.416 e. The lowest BCUT2D eigenvalue weighted by Crippen LogP contribution is -2.31. The van der Waals surface area contributed by atoms with Crippen LogP contribution in [0.25, 0.3) is 11.4 Å². The van der Waals surface area contributed by atoms with E-state index < -0.39 is 28.7 Å². The highest BCUT2D eigenvalue weighted by molar-refractivity contribution is 5.79. The second-order valence-corrected chi connectivity index (χ2v) is 9.99. The summed E-state index contributed by atoms with van der Waals surface area (Å²) in [5.74, 6) is -0.565. The maximum Gasteiger partial charge on any atom is 0.416 e. The highest BCUT2D eigenvalue weighted by Gasteiger charge is 2.33. The predicted octanol–water partition coefficient (Wildman–Crippen LogP) is 6.16. The number of alkyl halides is 3. The van der Waals surface area contributed by atoms with E-state index in [0.29, 0.717) is 16.7 Å². The number of Topliss-reactive ketones (excluding diaryl/α,β-unsaturated/α-hetero) is 1. The molecule has 0 aliphatic rings. The van der Waals surface area contributed by atoms with Gasteiger partial charge in [-0.25, -0.2) is 13.9 Å². The third-order valence-electron chi connectivity index (χ3n) is 6.46. The Kier molecular flexibility index (Phi) is 7.40. The van der Waals surface area contributed by atoms with E-state index in [1.54, 1.807) is 50.2 Å². The molecule has 0 amide bonds. The van der Waals surface area contributed by atoms with Crippen LogP contribution in [0.5, 0.6) is 0 Å². The van der Waals surface area contributed by atoms with Crippen LogP contribution in [0, 0.1) is 12.7 Å². The van der Waals surface area contributed by atoms with Crippen molar-refractivity contribution in [2.75, 3.05) is 0 Å². The Morgan fingerprint density at radius 2 is 1.58 bits per heavy atom. The molecule has 5 nitrogen and oxygen atoms in total. The van der Waals surface area contributed by atoms with Crippen molar-refractivity contribution in [1.29, 1.82) is 0 Å². The van der Waals surface area contributed by atoms with Crippen molar-refractivity contribution in [2.24, 2.45) is 0 Å². The van der Waals surface area contributed by atoms with Gasteiger partial charge in [-0.1, -0.05) is 80.1 Å². The van der Waals surface area contributed by atoms with E-state index >= 15 is 0 Å².